The molecule has 150 valence electrons. The summed E-state index contributed by atoms with van der Waals surface area (Å²) >= 11 is 1.02. The zero-order valence-corrected chi connectivity index (χ0v) is 17.4. The Bertz CT molecular complexity index is 858. The summed E-state index contributed by atoms with van der Waals surface area (Å²) in [5.41, 5.74) is 1.81. The number of aromatic nitrogens is 1. The van der Waals surface area contributed by atoms with Gasteiger partial charge < -0.3 is 14.8 Å². The highest BCUT2D eigenvalue weighted by Crippen LogP contribution is 2.34. The third-order valence-electron chi connectivity index (χ3n) is 4.03. The molecule has 2 aromatic rings. The van der Waals surface area contributed by atoms with Crippen LogP contribution in [0.1, 0.15) is 51.9 Å². The number of ether oxygens (including phenoxy) is 2. The summed E-state index contributed by atoms with van der Waals surface area (Å²) in [6, 6.07) is 3.90. The van der Waals surface area contributed by atoms with E-state index in [-0.39, 0.29) is 41.1 Å². The van der Waals surface area contributed by atoms with E-state index in [1.54, 1.807) is 25.3 Å². The van der Waals surface area contributed by atoms with Crippen LogP contribution in [0, 0.1) is 6.92 Å². The number of pyridine rings is 1. The number of nitrogens with zero attached hydrogens (tertiary/aromatic N) is 1. The molecule has 0 fully saturated rings. The Kier molecular flexibility index (Phi) is 7.69. The Hall–Kier alpha value is -2.74. The minimum atomic E-state index is -0.581. The van der Waals surface area contributed by atoms with E-state index in [4.69, 9.17) is 9.47 Å². The Balaban J connectivity index is 2.26. The summed E-state index contributed by atoms with van der Waals surface area (Å²) in [7, 11) is 0. The lowest BCUT2D eigenvalue weighted by molar-refractivity contribution is -0.684. The van der Waals surface area contributed by atoms with Gasteiger partial charge in [0.05, 0.1) is 18.8 Å². The molecular formula is C20H25N2O5S+. The summed E-state index contributed by atoms with van der Waals surface area (Å²) in [6.45, 7) is 7.59. The van der Waals surface area contributed by atoms with Crippen molar-refractivity contribution in [3.8, 4) is 0 Å². The van der Waals surface area contributed by atoms with Crippen LogP contribution in [0.4, 0.5) is 5.00 Å². The van der Waals surface area contributed by atoms with Gasteiger partial charge in [0, 0.05) is 12.1 Å². The first kappa shape index (κ1) is 21.6. The minimum Gasteiger partial charge on any atom is -0.462 e. The zero-order chi connectivity index (χ0) is 20.7. The van der Waals surface area contributed by atoms with Gasteiger partial charge in [0.15, 0.2) is 12.4 Å². The van der Waals surface area contributed by atoms with Crippen LogP contribution in [0.5, 0.6) is 0 Å². The average molecular weight is 405 g/mol. The molecule has 2 heterocycles. The predicted molar refractivity (Wildman–Crippen MR) is 106 cm³/mol. The van der Waals surface area contributed by atoms with Gasteiger partial charge in [0.1, 0.15) is 9.88 Å². The van der Waals surface area contributed by atoms with E-state index < -0.39 is 11.9 Å². The molecule has 0 radical (unpaired) electrons. The number of amides is 1. The summed E-state index contributed by atoms with van der Waals surface area (Å²) in [6.07, 6.45) is 4.57. The number of anilines is 1. The quantitative estimate of drug-likeness (QED) is 0.539. The Morgan fingerprint density at radius 2 is 1.64 bits per heavy atom. The van der Waals surface area contributed by atoms with Crippen LogP contribution in [-0.4, -0.2) is 31.1 Å². The first-order valence-electron chi connectivity index (χ1n) is 9.16. The number of thiophene rings is 1. The number of hydrogen-bond donors (Lipinski definition) is 1. The Labute approximate surface area is 168 Å². The number of carbonyl (C=O) groups is 3. The molecule has 7 nitrogen and oxygen atoms in total. The van der Waals surface area contributed by atoms with Crippen molar-refractivity contribution < 1.29 is 28.4 Å². The maximum atomic E-state index is 12.5. The molecule has 0 unspecified atom stereocenters. The molecular weight excluding hydrogens is 380 g/mol. The van der Waals surface area contributed by atoms with Crippen molar-refractivity contribution in [2.45, 2.75) is 40.7 Å². The summed E-state index contributed by atoms with van der Waals surface area (Å²) in [5, 5.41) is 3.02. The van der Waals surface area contributed by atoms with E-state index in [1.165, 1.54) is 5.56 Å². The molecule has 0 aromatic carbocycles. The fourth-order valence-electron chi connectivity index (χ4n) is 2.60. The second-order valence-electron chi connectivity index (χ2n) is 5.98. The van der Waals surface area contributed by atoms with Gasteiger partial charge in [-0.25, -0.2) is 9.59 Å². The number of hydrogen-bond acceptors (Lipinski definition) is 6. The van der Waals surface area contributed by atoms with E-state index >= 15 is 0 Å². The molecule has 0 saturated carbocycles. The maximum Gasteiger partial charge on any atom is 0.348 e. The second-order valence-corrected chi connectivity index (χ2v) is 7.00. The van der Waals surface area contributed by atoms with Crippen LogP contribution < -0.4 is 9.88 Å². The van der Waals surface area contributed by atoms with Crippen LogP contribution in [0.15, 0.2) is 24.5 Å². The van der Waals surface area contributed by atoms with Crippen LogP contribution in [0.2, 0.25) is 0 Å². The molecule has 0 atom stereocenters. The molecule has 0 aliphatic carbocycles. The van der Waals surface area contributed by atoms with Gasteiger partial charge in [-0.2, -0.15) is 4.57 Å². The van der Waals surface area contributed by atoms with Crippen molar-refractivity contribution in [2.75, 3.05) is 18.5 Å². The number of nitrogens with one attached hydrogen (secondary N) is 1. The third kappa shape index (κ3) is 5.16. The summed E-state index contributed by atoms with van der Waals surface area (Å²) < 4.78 is 11.9. The van der Waals surface area contributed by atoms with E-state index in [9.17, 15) is 14.4 Å². The molecule has 28 heavy (non-hydrogen) atoms. The normalized spacial score (nSPS) is 10.4. The van der Waals surface area contributed by atoms with Crippen molar-refractivity contribution in [1.82, 2.24) is 0 Å². The van der Waals surface area contributed by atoms with Crippen LogP contribution in [0.3, 0.4) is 0 Å². The molecule has 2 aromatic heterocycles. The lowest BCUT2D eigenvalue weighted by Crippen LogP contribution is -2.39. The molecule has 0 aliphatic heterocycles. The molecule has 0 aliphatic rings. The van der Waals surface area contributed by atoms with Gasteiger partial charge in [-0.1, -0.05) is 6.92 Å². The maximum absolute atomic E-state index is 12.5. The molecule has 0 saturated heterocycles. The number of carbonyl (C=O) groups excluding carboxylic acids is 3. The van der Waals surface area contributed by atoms with E-state index in [0.29, 0.717) is 5.56 Å². The van der Waals surface area contributed by atoms with Gasteiger partial charge in [-0.15, -0.1) is 11.3 Å². The zero-order valence-electron chi connectivity index (χ0n) is 16.5. The predicted octanol–water partition coefficient (Wildman–Crippen LogP) is 2.90. The standard InChI is InChI=1S/C20H24N2O5S/c1-5-14-8-10-22(11-9-14)12-15(23)21-18-16(19(24)26-6-2)13(4)17(28-18)20(25)27-7-3/h8-11H,5-7,12H2,1-4H3/p+1. The SMILES string of the molecule is CCOC(=O)c1sc(NC(=O)C[n+]2ccc(CC)cc2)c(C(=O)OCC)c1C. The molecule has 1 amide bonds. The number of aryl methyl sites for hydroxylation is 1. The topological polar surface area (TPSA) is 85.6 Å². The lowest BCUT2D eigenvalue weighted by Gasteiger charge is -2.06. The average Bonchev–Trinajstić information content (AvgIpc) is 2.98. The van der Waals surface area contributed by atoms with Crippen molar-refractivity contribution in [3.05, 3.63) is 46.1 Å². The van der Waals surface area contributed by atoms with E-state index in [0.717, 1.165) is 17.8 Å². The largest absolute Gasteiger partial charge is 0.462 e. The van der Waals surface area contributed by atoms with Crippen molar-refractivity contribution in [1.29, 1.82) is 0 Å². The number of rotatable bonds is 8. The second kappa shape index (κ2) is 9.98. The monoisotopic (exact) mass is 405 g/mol. The van der Waals surface area contributed by atoms with E-state index in [1.807, 2.05) is 24.5 Å². The first-order chi connectivity index (χ1) is 13.4. The summed E-state index contributed by atoms with van der Waals surface area (Å²) in [4.78, 5) is 37.3. The molecule has 2 rings (SSSR count). The highest BCUT2D eigenvalue weighted by atomic mass is 32.1. The molecule has 0 spiro atoms. The molecule has 1 N–H and O–H groups in total. The van der Waals surface area contributed by atoms with Crippen LogP contribution in [-0.2, 0) is 27.2 Å². The van der Waals surface area contributed by atoms with Crippen LogP contribution >= 0.6 is 11.3 Å². The number of esters is 2. The van der Waals surface area contributed by atoms with Crippen molar-refractivity contribution in [3.63, 3.8) is 0 Å². The molecule has 8 heteroatoms. The highest BCUT2D eigenvalue weighted by molar-refractivity contribution is 7.18. The van der Waals surface area contributed by atoms with Crippen molar-refractivity contribution >= 4 is 34.2 Å². The highest BCUT2D eigenvalue weighted by Gasteiger charge is 2.27. The first-order valence-corrected chi connectivity index (χ1v) is 9.98. The van der Waals surface area contributed by atoms with Gasteiger partial charge >= 0.3 is 11.9 Å². The van der Waals surface area contributed by atoms with Gasteiger partial charge in [-0.3, -0.25) is 4.79 Å². The van der Waals surface area contributed by atoms with E-state index in [2.05, 4.69) is 12.2 Å². The Morgan fingerprint density at radius 1 is 1.04 bits per heavy atom. The minimum absolute atomic E-state index is 0.0813. The fraction of sp³-hybridized carbons (Fsp3) is 0.400. The van der Waals surface area contributed by atoms with Crippen LogP contribution in [0.25, 0.3) is 0 Å². The fourth-order valence-corrected chi connectivity index (χ4v) is 3.71. The van der Waals surface area contributed by atoms with Gasteiger partial charge in [-0.05, 0) is 38.3 Å². The summed E-state index contributed by atoms with van der Waals surface area (Å²) in [5.74, 6) is -1.42. The van der Waals surface area contributed by atoms with Gasteiger partial charge in [0.2, 0.25) is 6.54 Å². The third-order valence-corrected chi connectivity index (χ3v) is 5.22. The van der Waals surface area contributed by atoms with Crippen molar-refractivity contribution in [2.24, 2.45) is 0 Å². The molecule has 0 bridgehead atoms. The van der Waals surface area contributed by atoms with Gasteiger partial charge in [0.25, 0.3) is 5.91 Å². The Morgan fingerprint density at radius 3 is 2.21 bits per heavy atom. The lowest BCUT2D eigenvalue weighted by atomic mass is 10.1. The smallest absolute Gasteiger partial charge is 0.348 e.